The fourth-order valence-electron chi connectivity index (χ4n) is 2.33. The maximum absolute atomic E-state index is 12.4. The molecular weight excluding hydrogens is 272 g/mol. The monoisotopic (exact) mass is 284 g/mol. The van der Waals surface area contributed by atoms with Gasteiger partial charge in [0.05, 0.1) is 12.0 Å². The molecule has 21 heavy (non-hydrogen) atoms. The molecule has 1 N–H and O–H groups in total. The lowest BCUT2D eigenvalue weighted by Crippen LogP contribution is -2.27. The Morgan fingerprint density at radius 2 is 2.19 bits per heavy atom. The first kappa shape index (κ1) is 13.1. The fourth-order valence-corrected chi connectivity index (χ4v) is 2.33. The quantitative estimate of drug-likeness (QED) is 0.334. The second kappa shape index (κ2) is 4.90. The molecule has 0 bridgehead atoms. The Labute approximate surface area is 119 Å². The zero-order valence-corrected chi connectivity index (χ0v) is 11.3. The van der Waals surface area contributed by atoms with E-state index < -0.39 is 11.4 Å². The summed E-state index contributed by atoms with van der Waals surface area (Å²) in [6.07, 6.45) is 2.65. The number of fused-ring (bicyclic) bond motifs is 3. The van der Waals surface area contributed by atoms with Gasteiger partial charge in [0, 0.05) is 17.6 Å². The van der Waals surface area contributed by atoms with Crippen LogP contribution in [-0.2, 0) is 4.74 Å². The lowest BCUT2D eigenvalue weighted by molar-refractivity contribution is -0.576. The summed E-state index contributed by atoms with van der Waals surface area (Å²) in [5.41, 5.74) is 0.244. The third kappa shape index (κ3) is 2.01. The van der Waals surface area contributed by atoms with E-state index in [0.717, 1.165) is 0 Å². The van der Waals surface area contributed by atoms with E-state index in [1.54, 1.807) is 31.2 Å². The third-order valence-corrected chi connectivity index (χ3v) is 3.27. The van der Waals surface area contributed by atoms with E-state index in [9.17, 15) is 14.8 Å². The van der Waals surface area contributed by atoms with Gasteiger partial charge >= 0.3 is 5.97 Å². The molecule has 0 radical (unpaired) electrons. The molecule has 0 aliphatic rings. The van der Waals surface area contributed by atoms with Gasteiger partial charge in [-0.15, -0.1) is 0 Å². The van der Waals surface area contributed by atoms with Gasteiger partial charge in [-0.25, -0.2) is 4.79 Å². The summed E-state index contributed by atoms with van der Waals surface area (Å²) >= 11 is 0. The molecule has 3 rings (SSSR count). The van der Waals surface area contributed by atoms with Crippen LogP contribution in [0.15, 0.2) is 41.5 Å². The molecule has 3 aromatic rings. The van der Waals surface area contributed by atoms with Crippen molar-refractivity contribution >= 4 is 27.8 Å². The summed E-state index contributed by atoms with van der Waals surface area (Å²) in [5.74, 6) is -0.677. The number of pyridine rings is 2. The number of rotatable bonds is 2. The minimum Gasteiger partial charge on any atom is -0.618 e. The van der Waals surface area contributed by atoms with Crippen molar-refractivity contribution in [2.24, 2.45) is 0 Å². The van der Waals surface area contributed by atoms with Crippen molar-refractivity contribution in [3.8, 4) is 0 Å². The van der Waals surface area contributed by atoms with Crippen molar-refractivity contribution in [1.29, 1.82) is 0 Å². The number of esters is 1. The van der Waals surface area contributed by atoms with E-state index in [0.29, 0.717) is 21.2 Å². The third-order valence-electron chi connectivity index (χ3n) is 3.27. The van der Waals surface area contributed by atoms with E-state index in [4.69, 9.17) is 4.74 Å². The van der Waals surface area contributed by atoms with Crippen molar-refractivity contribution in [1.82, 2.24) is 4.98 Å². The van der Waals surface area contributed by atoms with Crippen molar-refractivity contribution < 1.29 is 14.3 Å². The summed E-state index contributed by atoms with van der Waals surface area (Å²) in [6.45, 7) is 1.86. The Balaban J connectivity index is 2.36. The summed E-state index contributed by atoms with van der Waals surface area (Å²) < 4.78 is 5.54. The Kier molecular flexibility index (Phi) is 3.06. The summed E-state index contributed by atoms with van der Waals surface area (Å²) in [5, 5.41) is 12.9. The van der Waals surface area contributed by atoms with E-state index in [1.165, 1.54) is 12.4 Å². The minimum atomic E-state index is -0.677. The van der Waals surface area contributed by atoms with Crippen molar-refractivity contribution in [2.75, 3.05) is 6.61 Å². The Bertz CT molecular complexity index is 915. The van der Waals surface area contributed by atoms with E-state index in [1.807, 2.05) is 0 Å². The number of ether oxygens (including phenoxy) is 1. The van der Waals surface area contributed by atoms with Gasteiger partial charge < -0.3 is 14.9 Å². The molecule has 0 spiro atoms. The van der Waals surface area contributed by atoms with Gasteiger partial charge in [0.1, 0.15) is 11.1 Å². The van der Waals surface area contributed by atoms with Crippen molar-refractivity contribution in [2.45, 2.75) is 6.92 Å². The number of carbonyl (C=O) groups excluding carboxylic acids is 1. The number of hydrogen-bond donors (Lipinski definition) is 1. The number of hydrogen-bond acceptors (Lipinski definition) is 4. The molecule has 2 heterocycles. The Hall–Kier alpha value is -2.89. The van der Waals surface area contributed by atoms with Crippen LogP contribution in [0.2, 0.25) is 0 Å². The van der Waals surface area contributed by atoms with Crippen LogP contribution in [0.5, 0.6) is 0 Å². The Morgan fingerprint density at radius 3 is 2.95 bits per heavy atom. The first-order valence-corrected chi connectivity index (χ1v) is 6.47. The molecule has 0 amide bonds. The van der Waals surface area contributed by atoms with Crippen LogP contribution in [0.4, 0.5) is 0 Å². The first-order chi connectivity index (χ1) is 10.1. The molecule has 0 saturated heterocycles. The fraction of sp³-hybridized carbons (Fsp3) is 0.133. The van der Waals surface area contributed by atoms with Gasteiger partial charge in [0.2, 0.25) is 10.9 Å². The van der Waals surface area contributed by atoms with Gasteiger partial charge in [0.25, 0.3) is 0 Å². The highest BCUT2D eigenvalue weighted by molar-refractivity contribution is 6.03. The smallest absolute Gasteiger partial charge is 0.343 e. The van der Waals surface area contributed by atoms with Crippen LogP contribution in [0.3, 0.4) is 0 Å². The summed E-state index contributed by atoms with van der Waals surface area (Å²) in [6, 6.07) is 6.68. The number of benzene rings is 1. The number of aromatic nitrogens is 2. The van der Waals surface area contributed by atoms with E-state index in [2.05, 4.69) is 4.98 Å². The predicted octanol–water partition coefficient (Wildman–Crippen LogP) is 1.49. The zero-order valence-electron chi connectivity index (χ0n) is 11.3. The van der Waals surface area contributed by atoms with Crippen LogP contribution in [0.1, 0.15) is 17.3 Å². The number of H-pyrrole nitrogens is 1. The highest BCUT2D eigenvalue weighted by Crippen LogP contribution is 2.18. The maximum Gasteiger partial charge on any atom is 0.343 e. The van der Waals surface area contributed by atoms with Gasteiger partial charge in [-0.1, -0.05) is 0 Å². The summed E-state index contributed by atoms with van der Waals surface area (Å²) in [4.78, 5) is 27.0. The van der Waals surface area contributed by atoms with Gasteiger partial charge in [-0.2, -0.15) is 4.73 Å². The van der Waals surface area contributed by atoms with E-state index >= 15 is 0 Å². The van der Waals surface area contributed by atoms with Crippen molar-refractivity contribution in [3.05, 3.63) is 57.7 Å². The average Bonchev–Trinajstić information content (AvgIpc) is 2.47. The molecular formula is C15H12N2O4. The van der Waals surface area contributed by atoms with Gasteiger partial charge in [0.15, 0.2) is 6.20 Å². The van der Waals surface area contributed by atoms with Gasteiger partial charge in [-0.05, 0) is 25.1 Å². The molecule has 0 unspecified atom stereocenters. The molecule has 0 saturated carbocycles. The van der Waals surface area contributed by atoms with Gasteiger partial charge in [-0.3, -0.25) is 4.79 Å². The second-order valence-electron chi connectivity index (χ2n) is 4.51. The number of aromatic amines is 1. The first-order valence-electron chi connectivity index (χ1n) is 6.47. The largest absolute Gasteiger partial charge is 0.618 e. The molecule has 106 valence electrons. The number of nitrogens with one attached hydrogen (secondary N) is 1. The van der Waals surface area contributed by atoms with Crippen LogP contribution in [-0.4, -0.2) is 17.6 Å². The zero-order chi connectivity index (χ0) is 15.0. The molecule has 6 nitrogen and oxygen atoms in total. The Morgan fingerprint density at radius 1 is 1.38 bits per heavy atom. The van der Waals surface area contributed by atoms with E-state index in [-0.39, 0.29) is 17.6 Å². The molecule has 0 atom stereocenters. The highest BCUT2D eigenvalue weighted by atomic mass is 16.5. The lowest BCUT2D eigenvalue weighted by atomic mass is 10.1. The van der Waals surface area contributed by atoms with Crippen LogP contribution in [0, 0.1) is 5.21 Å². The maximum atomic E-state index is 12.4. The molecule has 2 aromatic heterocycles. The number of nitrogens with zero attached hydrogens (tertiary/aromatic N) is 1. The average molecular weight is 284 g/mol. The molecule has 0 fully saturated rings. The number of carbonyl (C=O) groups is 1. The van der Waals surface area contributed by atoms with Crippen LogP contribution >= 0.6 is 0 Å². The topological polar surface area (TPSA) is 86.1 Å². The van der Waals surface area contributed by atoms with Crippen LogP contribution in [0.25, 0.3) is 21.8 Å². The second-order valence-corrected chi connectivity index (χ2v) is 4.51. The standard InChI is InChI=1S/C15H12N2O4/c1-2-21-15(19)11-8-16-12-10(14(11)18)6-5-9-4-3-7-17(20)13(9)12/h3-8H,2H2,1H3,(H,16,18). The normalized spacial score (nSPS) is 10.9. The minimum absolute atomic E-state index is 0.0721. The molecule has 6 heteroatoms. The molecule has 1 aromatic carbocycles. The lowest BCUT2D eigenvalue weighted by Gasteiger charge is -2.06. The summed E-state index contributed by atoms with van der Waals surface area (Å²) in [7, 11) is 0. The van der Waals surface area contributed by atoms with Crippen LogP contribution < -0.4 is 10.2 Å². The molecule has 0 aliphatic heterocycles. The van der Waals surface area contributed by atoms with Crippen molar-refractivity contribution in [3.63, 3.8) is 0 Å². The highest BCUT2D eigenvalue weighted by Gasteiger charge is 2.17. The SMILES string of the molecule is CCOC(=O)c1c[nH]c2c(ccc3ccc[n+]([O-])c32)c1=O. The molecule has 0 aliphatic carbocycles. The predicted molar refractivity (Wildman–Crippen MR) is 77.0 cm³/mol.